The Morgan fingerprint density at radius 2 is 2.05 bits per heavy atom. The van der Waals surface area contributed by atoms with Gasteiger partial charge in [-0.15, -0.1) is 0 Å². The molecule has 0 aromatic heterocycles. The standard InChI is InChI=1S/C14H22N2O2S/c1-2-15-11-13-7-6-10-16(12-13)19(17,18)14-8-4-3-5-9-14/h3-5,8-9,13,15H,2,6-7,10-12H2,1H3. The highest BCUT2D eigenvalue weighted by Gasteiger charge is 2.29. The summed E-state index contributed by atoms with van der Waals surface area (Å²) in [6, 6.07) is 8.72. The first kappa shape index (κ1) is 14.5. The molecule has 1 N–H and O–H groups in total. The maximum atomic E-state index is 12.5. The van der Waals surface area contributed by atoms with Crippen LogP contribution in [0.25, 0.3) is 0 Å². The van der Waals surface area contributed by atoms with Crippen LogP contribution in [0.1, 0.15) is 19.8 Å². The van der Waals surface area contributed by atoms with Gasteiger partial charge in [0.05, 0.1) is 4.90 Å². The minimum absolute atomic E-state index is 0.402. The van der Waals surface area contributed by atoms with Crippen LogP contribution in [0.4, 0.5) is 0 Å². The van der Waals surface area contributed by atoms with Crippen molar-refractivity contribution in [2.24, 2.45) is 5.92 Å². The number of nitrogens with one attached hydrogen (secondary N) is 1. The van der Waals surface area contributed by atoms with E-state index in [1.807, 2.05) is 6.07 Å². The van der Waals surface area contributed by atoms with Crippen LogP contribution < -0.4 is 5.32 Å². The molecule has 0 radical (unpaired) electrons. The summed E-state index contributed by atoms with van der Waals surface area (Å²) in [5.74, 6) is 0.423. The number of benzene rings is 1. The van der Waals surface area contributed by atoms with E-state index in [1.54, 1.807) is 28.6 Å². The Kier molecular flexibility index (Phi) is 4.96. The summed E-state index contributed by atoms with van der Waals surface area (Å²) in [7, 11) is -3.31. The summed E-state index contributed by atoms with van der Waals surface area (Å²) in [6.45, 7) is 5.17. The van der Waals surface area contributed by atoms with Gasteiger partial charge in [0.25, 0.3) is 0 Å². The Hall–Kier alpha value is -0.910. The second kappa shape index (κ2) is 6.50. The maximum Gasteiger partial charge on any atom is 0.243 e. The highest BCUT2D eigenvalue weighted by molar-refractivity contribution is 7.89. The van der Waals surface area contributed by atoms with Crippen LogP contribution in [-0.2, 0) is 10.0 Å². The van der Waals surface area contributed by atoms with E-state index in [1.165, 1.54) is 0 Å². The third kappa shape index (κ3) is 3.55. The largest absolute Gasteiger partial charge is 0.317 e. The number of rotatable bonds is 5. The molecule has 0 bridgehead atoms. The number of hydrogen-bond donors (Lipinski definition) is 1. The Bertz CT molecular complexity index is 487. The van der Waals surface area contributed by atoms with Gasteiger partial charge in [0, 0.05) is 13.1 Å². The molecule has 1 aliphatic heterocycles. The molecule has 0 amide bonds. The van der Waals surface area contributed by atoms with Crippen LogP contribution in [0.3, 0.4) is 0 Å². The number of hydrogen-bond acceptors (Lipinski definition) is 3. The molecule has 1 saturated heterocycles. The predicted octanol–water partition coefficient (Wildman–Crippen LogP) is 1.70. The SMILES string of the molecule is CCNCC1CCCN(S(=O)(=O)c2ccccc2)C1. The van der Waals surface area contributed by atoms with Crippen molar-refractivity contribution in [3.63, 3.8) is 0 Å². The summed E-state index contributed by atoms with van der Waals surface area (Å²) in [4.78, 5) is 0.402. The summed E-state index contributed by atoms with van der Waals surface area (Å²) in [5, 5.41) is 3.31. The molecular weight excluding hydrogens is 260 g/mol. The zero-order chi connectivity index (χ0) is 13.7. The van der Waals surface area contributed by atoms with Crippen molar-refractivity contribution in [1.82, 2.24) is 9.62 Å². The molecule has 1 unspecified atom stereocenters. The monoisotopic (exact) mass is 282 g/mol. The van der Waals surface area contributed by atoms with E-state index in [2.05, 4.69) is 12.2 Å². The summed E-state index contributed by atoms with van der Waals surface area (Å²) >= 11 is 0. The van der Waals surface area contributed by atoms with Gasteiger partial charge in [-0.2, -0.15) is 4.31 Å². The minimum Gasteiger partial charge on any atom is -0.317 e. The van der Waals surface area contributed by atoms with E-state index in [-0.39, 0.29) is 0 Å². The molecule has 1 fully saturated rings. The van der Waals surface area contributed by atoms with Gasteiger partial charge in [-0.1, -0.05) is 25.1 Å². The van der Waals surface area contributed by atoms with Gasteiger partial charge in [0.2, 0.25) is 10.0 Å². The van der Waals surface area contributed by atoms with Gasteiger partial charge < -0.3 is 5.32 Å². The molecule has 1 atom stereocenters. The van der Waals surface area contributed by atoms with E-state index in [0.29, 0.717) is 23.9 Å². The van der Waals surface area contributed by atoms with Crippen molar-refractivity contribution in [2.45, 2.75) is 24.7 Å². The molecule has 1 heterocycles. The van der Waals surface area contributed by atoms with Crippen molar-refractivity contribution in [2.75, 3.05) is 26.2 Å². The van der Waals surface area contributed by atoms with Crippen LogP contribution in [0.5, 0.6) is 0 Å². The Morgan fingerprint density at radius 1 is 1.32 bits per heavy atom. The van der Waals surface area contributed by atoms with Gasteiger partial charge >= 0.3 is 0 Å². The average Bonchev–Trinajstić information content (AvgIpc) is 2.46. The molecule has 0 aliphatic carbocycles. The van der Waals surface area contributed by atoms with Crippen molar-refractivity contribution >= 4 is 10.0 Å². The van der Waals surface area contributed by atoms with E-state index in [4.69, 9.17) is 0 Å². The highest BCUT2D eigenvalue weighted by atomic mass is 32.2. The lowest BCUT2D eigenvalue weighted by atomic mass is 10.00. The molecule has 1 aromatic carbocycles. The van der Waals surface area contributed by atoms with Crippen LogP contribution in [0.15, 0.2) is 35.2 Å². The first-order valence-electron chi connectivity index (χ1n) is 6.90. The quantitative estimate of drug-likeness (QED) is 0.894. The second-order valence-electron chi connectivity index (χ2n) is 4.99. The first-order valence-corrected chi connectivity index (χ1v) is 8.34. The maximum absolute atomic E-state index is 12.5. The number of nitrogens with zero attached hydrogens (tertiary/aromatic N) is 1. The molecule has 2 rings (SSSR count). The number of piperidine rings is 1. The lowest BCUT2D eigenvalue weighted by molar-refractivity contribution is 0.261. The summed E-state index contributed by atoms with van der Waals surface area (Å²) in [5.41, 5.74) is 0. The van der Waals surface area contributed by atoms with E-state index in [0.717, 1.165) is 25.9 Å². The topological polar surface area (TPSA) is 49.4 Å². The number of sulfonamides is 1. The molecule has 0 saturated carbocycles. The summed E-state index contributed by atoms with van der Waals surface area (Å²) < 4.78 is 26.7. The van der Waals surface area contributed by atoms with E-state index in [9.17, 15) is 8.42 Å². The van der Waals surface area contributed by atoms with Gasteiger partial charge in [0.15, 0.2) is 0 Å². The lowest BCUT2D eigenvalue weighted by Crippen LogP contribution is -2.42. The molecule has 19 heavy (non-hydrogen) atoms. The van der Waals surface area contributed by atoms with Gasteiger partial charge in [-0.25, -0.2) is 8.42 Å². The molecule has 1 aromatic rings. The second-order valence-corrected chi connectivity index (χ2v) is 6.93. The van der Waals surface area contributed by atoms with Crippen LogP contribution in [-0.4, -0.2) is 38.9 Å². The third-order valence-corrected chi connectivity index (χ3v) is 5.43. The van der Waals surface area contributed by atoms with Crippen LogP contribution >= 0.6 is 0 Å². The van der Waals surface area contributed by atoms with E-state index >= 15 is 0 Å². The molecule has 5 heteroatoms. The minimum atomic E-state index is -3.31. The van der Waals surface area contributed by atoms with Crippen molar-refractivity contribution in [1.29, 1.82) is 0 Å². The van der Waals surface area contributed by atoms with Crippen LogP contribution in [0.2, 0.25) is 0 Å². The molecule has 0 spiro atoms. The first-order chi connectivity index (χ1) is 9.14. The molecule has 106 valence electrons. The van der Waals surface area contributed by atoms with E-state index < -0.39 is 10.0 Å². The average molecular weight is 282 g/mol. The fourth-order valence-corrected chi connectivity index (χ4v) is 4.08. The van der Waals surface area contributed by atoms with Crippen LogP contribution in [0, 0.1) is 5.92 Å². The fourth-order valence-electron chi connectivity index (χ4n) is 2.50. The zero-order valence-electron chi connectivity index (χ0n) is 11.4. The van der Waals surface area contributed by atoms with Gasteiger partial charge in [-0.3, -0.25) is 0 Å². The fraction of sp³-hybridized carbons (Fsp3) is 0.571. The Balaban J connectivity index is 2.08. The normalized spacial score (nSPS) is 21.4. The van der Waals surface area contributed by atoms with Crippen molar-refractivity contribution < 1.29 is 8.42 Å². The van der Waals surface area contributed by atoms with Crippen molar-refractivity contribution in [3.8, 4) is 0 Å². The molecular formula is C14H22N2O2S. The Labute approximate surface area is 115 Å². The van der Waals surface area contributed by atoms with Crippen molar-refractivity contribution in [3.05, 3.63) is 30.3 Å². The zero-order valence-corrected chi connectivity index (χ0v) is 12.2. The highest BCUT2D eigenvalue weighted by Crippen LogP contribution is 2.23. The van der Waals surface area contributed by atoms with Gasteiger partial charge in [-0.05, 0) is 44.0 Å². The smallest absolute Gasteiger partial charge is 0.243 e. The third-order valence-electron chi connectivity index (χ3n) is 3.55. The van der Waals surface area contributed by atoms with Gasteiger partial charge in [0.1, 0.15) is 0 Å². The summed E-state index contributed by atoms with van der Waals surface area (Å²) in [6.07, 6.45) is 2.05. The Morgan fingerprint density at radius 3 is 2.74 bits per heavy atom. The predicted molar refractivity (Wildman–Crippen MR) is 76.5 cm³/mol. The lowest BCUT2D eigenvalue weighted by Gasteiger charge is -2.32. The molecule has 4 nitrogen and oxygen atoms in total. The molecule has 1 aliphatic rings.